The Balaban J connectivity index is 2.36. The molecule has 1 aromatic heterocycles. The summed E-state index contributed by atoms with van der Waals surface area (Å²) in [5.74, 6) is 0.416. The molecular weight excluding hydrogens is 274 g/mol. The number of hydrogen-bond donors (Lipinski definition) is 3. The molecule has 0 aliphatic heterocycles. The van der Waals surface area contributed by atoms with Crippen LogP contribution in [0.4, 0.5) is 5.95 Å². The molecule has 0 saturated heterocycles. The summed E-state index contributed by atoms with van der Waals surface area (Å²) in [6, 6.07) is 1.62. The van der Waals surface area contributed by atoms with Crippen LogP contribution in [0.15, 0.2) is 12.3 Å². The predicted molar refractivity (Wildman–Crippen MR) is 73.9 cm³/mol. The molecule has 0 saturated carbocycles. The Morgan fingerprint density at radius 1 is 1.50 bits per heavy atom. The zero-order chi connectivity index (χ0) is 13.6. The molecule has 1 aromatic rings. The second-order valence-electron chi connectivity index (χ2n) is 3.58. The maximum absolute atomic E-state index is 10.8. The smallest absolute Gasteiger partial charge is 0.223 e. The molecule has 0 amide bonds. The summed E-state index contributed by atoms with van der Waals surface area (Å²) in [6.45, 7) is 0.907. The van der Waals surface area contributed by atoms with Crippen LogP contribution >= 0.6 is 12.2 Å². The van der Waals surface area contributed by atoms with E-state index in [4.69, 9.17) is 18.0 Å². The van der Waals surface area contributed by atoms with Crippen LogP contribution in [0.5, 0.6) is 0 Å². The standard InChI is InChI=1S/C9H15N5O2S2/c1-18(15,16)13-5-2-4-11-9-12-6-3-7(14-9)8(10)17/h3,6,13H,2,4-5H2,1H3,(H2,10,17)(H,11,12,14). The fraction of sp³-hybridized carbons (Fsp3) is 0.444. The first kappa shape index (κ1) is 14.7. The van der Waals surface area contributed by atoms with Crippen molar-refractivity contribution in [3.05, 3.63) is 18.0 Å². The van der Waals surface area contributed by atoms with Crippen LogP contribution in [0.3, 0.4) is 0 Å². The number of thiocarbonyl (C=S) groups is 1. The van der Waals surface area contributed by atoms with E-state index in [1.807, 2.05) is 0 Å². The lowest BCUT2D eigenvalue weighted by molar-refractivity contribution is 0.586. The van der Waals surface area contributed by atoms with Crippen molar-refractivity contribution in [3.8, 4) is 0 Å². The number of sulfonamides is 1. The van der Waals surface area contributed by atoms with E-state index in [0.717, 1.165) is 6.26 Å². The predicted octanol–water partition coefficient (Wildman–Crippen LogP) is -0.538. The largest absolute Gasteiger partial charge is 0.388 e. The SMILES string of the molecule is CS(=O)(=O)NCCCNc1nccc(C(N)=S)n1. The minimum Gasteiger partial charge on any atom is -0.388 e. The molecule has 1 heterocycles. The summed E-state index contributed by atoms with van der Waals surface area (Å²) < 4.78 is 24.0. The number of rotatable bonds is 7. The van der Waals surface area contributed by atoms with E-state index in [9.17, 15) is 8.42 Å². The number of aromatic nitrogens is 2. The molecule has 0 fully saturated rings. The third-order valence-electron chi connectivity index (χ3n) is 1.91. The molecule has 0 atom stereocenters. The highest BCUT2D eigenvalue weighted by Crippen LogP contribution is 2.00. The summed E-state index contributed by atoms with van der Waals surface area (Å²) >= 11 is 4.80. The highest BCUT2D eigenvalue weighted by molar-refractivity contribution is 7.88. The summed E-state index contributed by atoms with van der Waals surface area (Å²) in [4.78, 5) is 8.29. The van der Waals surface area contributed by atoms with Gasteiger partial charge in [0.15, 0.2) is 0 Å². The molecule has 1 rings (SSSR count). The average molecular weight is 289 g/mol. The molecule has 0 aliphatic rings. The minimum atomic E-state index is -3.13. The number of nitrogens with zero attached hydrogens (tertiary/aromatic N) is 2. The van der Waals surface area contributed by atoms with Gasteiger partial charge in [-0.25, -0.2) is 23.1 Å². The van der Waals surface area contributed by atoms with Crippen LogP contribution in [-0.4, -0.2) is 42.7 Å². The maximum atomic E-state index is 10.8. The molecule has 18 heavy (non-hydrogen) atoms. The maximum Gasteiger partial charge on any atom is 0.223 e. The Morgan fingerprint density at radius 3 is 2.83 bits per heavy atom. The van der Waals surface area contributed by atoms with E-state index in [1.165, 1.54) is 0 Å². The molecule has 100 valence electrons. The Morgan fingerprint density at radius 2 is 2.22 bits per heavy atom. The van der Waals surface area contributed by atoms with Crippen molar-refractivity contribution in [3.63, 3.8) is 0 Å². The van der Waals surface area contributed by atoms with Crippen LogP contribution in [0, 0.1) is 0 Å². The van der Waals surface area contributed by atoms with E-state index in [-0.39, 0.29) is 4.99 Å². The van der Waals surface area contributed by atoms with Crippen molar-refractivity contribution in [2.45, 2.75) is 6.42 Å². The number of nitrogens with two attached hydrogens (primary N) is 1. The van der Waals surface area contributed by atoms with E-state index in [2.05, 4.69) is 20.0 Å². The highest BCUT2D eigenvalue weighted by Gasteiger charge is 2.02. The Hall–Kier alpha value is -1.32. The second-order valence-corrected chi connectivity index (χ2v) is 5.85. The van der Waals surface area contributed by atoms with Gasteiger partial charge in [-0.05, 0) is 12.5 Å². The number of anilines is 1. The van der Waals surface area contributed by atoms with Crippen LogP contribution < -0.4 is 15.8 Å². The Kier molecular flexibility index (Phi) is 5.38. The van der Waals surface area contributed by atoms with Gasteiger partial charge in [-0.1, -0.05) is 12.2 Å². The molecule has 0 radical (unpaired) electrons. The minimum absolute atomic E-state index is 0.208. The highest BCUT2D eigenvalue weighted by atomic mass is 32.2. The van der Waals surface area contributed by atoms with Gasteiger partial charge in [0.05, 0.1) is 6.26 Å². The van der Waals surface area contributed by atoms with E-state index in [0.29, 0.717) is 31.2 Å². The Labute approximate surface area is 111 Å². The van der Waals surface area contributed by atoms with E-state index < -0.39 is 10.0 Å². The van der Waals surface area contributed by atoms with Crippen LogP contribution in [0.25, 0.3) is 0 Å². The molecule has 0 aliphatic carbocycles. The third-order valence-corrected chi connectivity index (χ3v) is 2.85. The van der Waals surface area contributed by atoms with Gasteiger partial charge in [-0.15, -0.1) is 0 Å². The van der Waals surface area contributed by atoms with Gasteiger partial charge in [0, 0.05) is 19.3 Å². The number of hydrogen-bond acceptors (Lipinski definition) is 6. The third kappa shape index (κ3) is 5.84. The van der Waals surface area contributed by atoms with Crippen molar-refractivity contribution in [2.24, 2.45) is 5.73 Å². The van der Waals surface area contributed by atoms with Crippen LogP contribution in [-0.2, 0) is 10.0 Å². The average Bonchev–Trinajstić information content (AvgIpc) is 2.27. The van der Waals surface area contributed by atoms with Crippen molar-refractivity contribution < 1.29 is 8.42 Å². The quantitative estimate of drug-likeness (QED) is 0.457. The van der Waals surface area contributed by atoms with Crippen molar-refractivity contribution in [1.82, 2.24) is 14.7 Å². The normalized spacial score (nSPS) is 11.2. The van der Waals surface area contributed by atoms with Gasteiger partial charge < -0.3 is 11.1 Å². The first-order valence-electron chi connectivity index (χ1n) is 5.20. The monoisotopic (exact) mass is 289 g/mol. The van der Waals surface area contributed by atoms with E-state index >= 15 is 0 Å². The second kappa shape index (κ2) is 6.57. The molecule has 0 aromatic carbocycles. The first-order valence-corrected chi connectivity index (χ1v) is 7.50. The molecule has 7 nitrogen and oxygen atoms in total. The molecule has 0 spiro atoms. The fourth-order valence-electron chi connectivity index (χ4n) is 1.13. The molecular formula is C9H15N5O2S2. The summed E-state index contributed by atoms with van der Waals surface area (Å²) in [7, 11) is -3.13. The van der Waals surface area contributed by atoms with Crippen molar-refractivity contribution >= 4 is 33.2 Å². The zero-order valence-corrected chi connectivity index (χ0v) is 11.5. The Bertz CT molecular complexity index is 517. The van der Waals surface area contributed by atoms with Crippen LogP contribution in [0.2, 0.25) is 0 Å². The molecule has 0 unspecified atom stereocenters. The van der Waals surface area contributed by atoms with Gasteiger partial charge in [0.1, 0.15) is 10.7 Å². The van der Waals surface area contributed by atoms with Gasteiger partial charge in [0.2, 0.25) is 16.0 Å². The lowest BCUT2D eigenvalue weighted by Gasteiger charge is -2.06. The summed E-state index contributed by atoms with van der Waals surface area (Å²) in [5, 5.41) is 2.95. The van der Waals surface area contributed by atoms with Crippen molar-refractivity contribution in [1.29, 1.82) is 0 Å². The van der Waals surface area contributed by atoms with Gasteiger partial charge in [0.25, 0.3) is 0 Å². The lowest BCUT2D eigenvalue weighted by atomic mass is 10.4. The number of nitrogens with one attached hydrogen (secondary N) is 2. The summed E-state index contributed by atoms with van der Waals surface area (Å²) in [6.07, 6.45) is 3.29. The zero-order valence-electron chi connectivity index (χ0n) is 9.88. The molecule has 4 N–H and O–H groups in total. The summed E-state index contributed by atoms with van der Waals surface area (Å²) in [5.41, 5.74) is 5.94. The molecule has 0 bridgehead atoms. The topological polar surface area (TPSA) is 110 Å². The van der Waals surface area contributed by atoms with Gasteiger partial charge >= 0.3 is 0 Å². The van der Waals surface area contributed by atoms with Crippen molar-refractivity contribution in [2.75, 3.05) is 24.7 Å². The first-order chi connectivity index (χ1) is 8.38. The van der Waals surface area contributed by atoms with Gasteiger partial charge in [-0.3, -0.25) is 0 Å². The molecule has 9 heteroatoms. The van der Waals surface area contributed by atoms with Gasteiger partial charge in [-0.2, -0.15) is 0 Å². The van der Waals surface area contributed by atoms with E-state index in [1.54, 1.807) is 12.3 Å². The lowest BCUT2D eigenvalue weighted by Crippen LogP contribution is -2.24. The fourth-order valence-corrected chi connectivity index (χ4v) is 1.76. The van der Waals surface area contributed by atoms with Crippen LogP contribution in [0.1, 0.15) is 12.1 Å².